The van der Waals surface area contributed by atoms with Crippen molar-refractivity contribution in [1.82, 2.24) is 14.6 Å². The first-order chi connectivity index (χ1) is 6.90. The van der Waals surface area contributed by atoms with Crippen LogP contribution in [0.4, 0.5) is 0 Å². The van der Waals surface area contributed by atoms with Crippen molar-refractivity contribution in [2.24, 2.45) is 5.73 Å². The smallest absolute Gasteiger partial charge is 0.217 e. The van der Waals surface area contributed by atoms with Gasteiger partial charge in [-0.25, -0.2) is 0 Å². The molecule has 0 fully saturated rings. The molecule has 0 bridgehead atoms. The van der Waals surface area contributed by atoms with Gasteiger partial charge in [-0.15, -0.1) is 10.2 Å². The predicted molar refractivity (Wildman–Crippen MR) is 56.3 cm³/mol. The van der Waals surface area contributed by atoms with Crippen molar-refractivity contribution >= 4 is 26.5 Å². The highest BCUT2D eigenvalue weighted by Crippen LogP contribution is 2.25. The van der Waals surface area contributed by atoms with Crippen LogP contribution >= 0.6 is 11.3 Å². The van der Waals surface area contributed by atoms with Gasteiger partial charge in [-0.3, -0.25) is 4.40 Å². The average molecular weight is 204 g/mol. The van der Waals surface area contributed by atoms with Crippen LogP contribution < -0.4 is 5.73 Å². The summed E-state index contributed by atoms with van der Waals surface area (Å²) in [6, 6.07) is 8.17. The second-order valence-electron chi connectivity index (χ2n) is 3.01. The second kappa shape index (κ2) is 2.76. The van der Waals surface area contributed by atoms with E-state index in [9.17, 15) is 0 Å². The Kier molecular flexibility index (Phi) is 1.56. The SMILES string of the molecule is NCc1nnc2sc3ccccc3n12. The lowest BCUT2D eigenvalue weighted by atomic mass is 10.3. The molecule has 0 atom stereocenters. The molecule has 0 unspecified atom stereocenters. The minimum Gasteiger partial charge on any atom is -0.324 e. The lowest BCUT2D eigenvalue weighted by Crippen LogP contribution is -2.01. The molecule has 1 aromatic carbocycles. The topological polar surface area (TPSA) is 56.2 Å². The zero-order valence-corrected chi connectivity index (χ0v) is 8.16. The van der Waals surface area contributed by atoms with Crippen molar-refractivity contribution in [3.63, 3.8) is 0 Å². The van der Waals surface area contributed by atoms with Gasteiger partial charge < -0.3 is 5.73 Å². The summed E-state index contributed by atoms with van der Waals surface area (Å²) in [5, 5.41) is 8.10. The molecule has 0 saturated heterocycles. The Balaban J connectivity index is 2.54. The van der Waals surface area contributed by atoms with E-state index in [2.05, 4.69) is 22.3 Å². The third kappa shape index (κ3) is 0.906. The number of benzene rings is 1. The Morgan fingerprint density at radius 3 is 3.00 bits per heavy atom. The first-order valence-electron chi connectivity index (χ1n) is 4.32. The van der Waals surface area contributed by atoms with Crippen molar-refractivity contribution in [3.05, 3.63) is 30.1 Å². The molecule has 0 radical (unpaired) electrons. The van der Waals surface area contributed by atoms with Gasteiger partial charge in [0.15, 0.2) is 5.82 Å². The molecule has 70 valence electrons. The van der Waals surface area contributed by atoms with Crippen molar-refractivity contribution < 1.29 is 0 Å². The Bertz CT molecular complexity index is 595. The number of fused-ring (bicyclic) bond motifs is 3. The van der Waals surface area contributed by atoms with Crippen LogP contribution in [0.2, 0.25) is 0 Å². The lowest BCUT2D eigenvalue weighted by Gasteiger charge is -1.93. The molecule has 2 N–H and O–H groups in total. The number of aromatic nitrogens is 3. The summed E-state index contributed by atoms with van der Waals surface area (Å²) in [6.07, 6.45) is 0. The molecule has 0 aliphatic heterocycles. The summed E-state index contributed by atoms with van der Waals surface area (Å²) in [6.45, 7) is 0.419. The number of hydrogen-bond acceptors (Lipinski definition) is 4. The van der Waals surface area contributed by atoms with Crippen molar-refractivity contribution in [2.75, 3.05) is 0 Å². The normalized spacial score (nSPS) is 11.5. The van der Waals surface area contributed by atoms with Crippen LogP contribution in [0.1, 0.15) is 5.82 Å². The summed E-state index contributed by atoms with van der Waals surface area (Å²) in [7, 11) is 0. The Hall–Kier alpha value is -1.46. The summed E-state index contributed by atoms with van der Waals surface area (Å²) in [5.41, 5.74) is 6.73. The van der Waals surface area contributed by atoms with E-state index in [1.165, 1.54) is 4.70 Å². The molecular formula is C9H8N4S. The quantitative estimate of drug-likeness (QED) is 0.652. The van der Waals surface area contributed by atoms with Gasteiger partial charge in [0.2, 0.25) is 4.96 Å². The van der Waals surface area contributed by atoms with Crippen LogP contribution in [-0.4, -0.2) is 14.6 Å². The predicted octanol–water partition coefficient (Wildman–Crippen LogP) is 1.40. The number of nitrogens with zero attached hydrogens (tertiary/aromatic N) is 3. The summed E-state index contributed by atoms with van der Waals surface area (Å²) in [5.74, 6) is 0.817. The second-order valence-corrected chi connectivity index (χ2v) is 4.02. The van der Waals surface area contributed by atoms with Crippen LogP contribution in [-0.2, 0) is 6.54 Å². The molecule has 0 aliphatic rings. The maximum absolute atomic E-state index is 5.59. The zero-order chi connectivity index (χ0) is 9.54. The first kappa shape index (κ1) is 7.90. The molecule has 0 spiro atoms. The third-order valence-corrected chi connectivity index (χ3v) is 3.20. The van der Waals surface area contributed by atoms with E-state index < -0.39 is 0 Å². The van der Waals surface area contributed by atoms with Crippen LogP contribution in [0.25, 0.3) is 15.2 Å². The Morgan fingerprint density at radius 1 is 1.29 bits per heavy atom. The molecule has 2 heterocycles. The summed E-state index contributed by atoms with van der Waals surface area (Å²) in [4.78, 5) is 0.909. The minimum atomic E-state index is 0.419. The van der Waals surface area contributed by atoms with Crippen molar-refractivity contribution in [1.29, 1.82) is 0 Å². The van der Waals surface area contributed by atoms with Gasteiger partial charge in [-0.05, 0) is 12.1 Å². The van der Waals surface area contributed by atoms with E-state index in [1.54, 1.807) is 11.3 Å². The zero-order valence-electron chi connectivity index (χ0n) is 7.34. The maximum atomic E-state index is 5.59. The molecule has 3 aromatic rings. The number of nitrogens with two attached hydrogens (primary N) is 1. The molecule has 14 heavy (non-hydrogen) atoms. The monoisotopic (exact) mass is 204 g/mol. The molecule has 0 amide bonds. The van der Waals surface area contributed by atoms with E-state index in [0.29, 0.717) is 6.54 Å². The van der Waals surface area contributed by atoms with Gasteiger partial charge in [0.05, 0.1) is 16.8 Å². The largest absolute Gasteiger partial charge is 0.324 e. The highest BCUT2D eigenvalue weighted by Gasteiger charge is 2.09. The molecular weight excluding hydrogens is 196 g/mol. The van der Waals surface area contributed by atoms with E-state index in [1.807, 2.05) is 16.5 Å². The molecule has 2 aromatic heterocycles. The van der Waals surface area contributed by atoms with Gasteiger partial charge >= 0.3 is 0 Å². The van der Waals surface area contributed by atoms with Gasteiger partial charge in [-0.2, -0.15) is 0 Å². The highest BCUT2D eigenvalue weighted by atomic mass is 32.1. The van der Waals surface area contributed by atoms with Gasteiger partial charge in [0, 0.05) is 0 Å². The highest BCUT2D eigenvalue weighted by molar-refractivity contribution is 7.23. The number of rotatable bonds is 1. The molecule has 0 saturated carbocycles. The molecule has 5 heteroatoms. The summed E-state index contributed by atoms with van der Waals surface area (Å²) < 4.78 is 3.23. The van der Waals surface area contributed by atoms with Gasteiger partial charge in [0.1, 0.15) is 0 Å². The van der Waals surface area contributed by atoms with Crippen LogP contribution in [0, 0.1) is 0 Å². The minimum absolute atomic E-state index is 0.419. The van der Waals surface area contributed by atoms with E-state index in [4.69, 9.17) is 5.73 Å². The number of thiazole rings is 1. The number of hydrogen-bond donors (Lipinski definition) is 1. The van der Waals surface area contributed by atoms with E-state index >= 15 is 0 Å². The fraction of sp³-hybridized carbons (Fsp3) is 0.111. The Labute approximate surface area is 84.0 Å². The van der Waals surface area contributed by atoms with E-state index in [-0.39, 0.29) is 0 Å². The standard InChI is InChI=1S/C9H8N4S/c10-5-8-11-12-9-13(8)6-3-1-2-4-7(6)14-9/h1-4H,5,10H2. The van der Waals surface area contributed by atoms with Crippen molar-refractivity contribution in [2.45, 2.75) is 6.54 Å². The van der Waals surface area contributed by atoms with E-state index in [0.717, 1.165) is 16.3 Å². The van der Waals surface area contributed by atoms with Crippen LogP contribution in [0.3, 0.4) is 0 Å². The van der Waals surface area contributed by atoms with Crippen LogP contribution in [0.15, 0.2) is 24.3 Å². The average Bonchev–Trinajstić information content (AvgIpc) is 2.75. The van der Waals surface area contributed by atoms with Crippen molar-refractivity contribution in [3.8, 4) is 0 Å². The molecule has 4 nitrogen and oxygen atoms in total. The maximum Gasteiger partial charge on any atom is 0.217 e. The van der Waals surface area contributed by atoms with Crippen LogP contribution in [0.5, 0.6) is 0 Å². The van der Waals surface area contributed by atoms with Gasteiger partial charge in [-0.1, -0.05) is 23.5 Å². The molecule has 0 aliphatic carbocycles. The number of para-hydroxylation sites is 1. The lowest BCUT2D eigenvalue weighted by molar-refractivity contribution is 0.895. The Morgan fingerprint density at radius 2 is 2.14 bits per heavy atom. The summed E-state index contributed by atoms with van der Waals surface area (Å²) >= 11 is 1.63. The molecule has 3 rings (SSSR count). The fourth-order valence-corrected chi connectivity index (χ4v) is 2.55. The first-order valence-corrected chi connectivity index (χ1v) is 5.13. The van der Waals surface area contributed by atoms with Gasteiger partial charge in [0.25, 0.3) is 0 Å². The third-order valence-electron chi connectivity index (χ3n) is 2.19. The fourth-order valence-electron chi connectivity index (χ4n) is 1.57.